The van der Waals surface area contributed by atoms with E-state index in [1.165, 1.54) is 18.3 Å². The highest BCUT2D eigenvalue weighted by atomic mass is 32.2. The molecule has 17 heavy (non-hydrogen) atoms. The zero-order valence-electron chi connectivity index (χ0n) is 9.61. The molecule has 0 fully saturated rings. The average Bonchev–Trinajstić information content (AvgIpc) is 2.29. The molecule has 0 aliphatic rings. The molecule has 0 spiro atoms. The second kappa shape index (κ2) is 5.49. The molecule has 0 atom stereocenters. The molecule has 0 aliphatic heterocycles. The van der Waals surface area contributed by atoms with Crippen molar-refractivity contribution in [3.05, 3.63) is 41.4 Å². The molecule has 1 rings (SSSR count). The van der Waals surface area contributed by atoms with Gasteiger partial charge in [-0.2, -0.15) is 0 Å². The van der Waals surface area contributed by atoms with E-state index in [0.29, 0.717) is 0 Å². The summed E-state index contributed by atoms with van der Waals surface area (Å²) in [4.78, 5) is 1.65. The summed E-state index contributed by atoms with van der Waals surface area (Å²) in [6.45, 7) is 0. The predicted octanol–water partition coefficient (Wildman–Crippen LogP) is 1.32. The fourth-order valence-electron chi connectivity index (χ4n) is 1.22. The van der Waals surface area contributed by atoms with Gasteiger partial charge in [0.05, 0.1) is 11.1 Å². The maximum Gasteiger partial charge on any atom is 0.209 e. The van der Waals surface area contributed by atoms with Crippen LogP contribution < -0.4 is 0 Å². The molecule has 0 saturated heterocycles. The maximum absolute atomic E-state index is 12.2. The van der Waals surface area contributed by atoms with E-state index in [0.717, 1.165) is 6.21 Å². The second-order valence-electron chi connectivity index (χ2n) is 3.56. The van der Waals surface area contributed by atoms with Crippen LogP contribution in [0.15, 0.2) is 51.5 Å². The van der Waals surface area contributed by atoms with Crippen molar-refractivity contribution in [2.75, 3.05) is 14.1 Å². The third kappa shape index (κ3) is 3.32. The van der Waals surface area contributed by atoms with Gasteiger partial charge in [-0.3, -0.25) is 0 Å². The lowest BCUT2D eigenvalue weighted by molar-refractivity contribution is 0.322. The largest absolute Gasteiger partial charge is 0.411 e. The van der Waals surface area contributed by atoms with Gasteiger partial charge in [0, 0.05) is 20.3 Å². The van der Waals surface area contributed by atoms with Crippen LogP contribution in [0.4, 0.5) is 0 Å². The van der Waals surface area contributed by atoms with Crippen molar-refractivity contribution >= 4 is 16.1 Å². The van der Waals surface area contributed by atoms with Crippen molar-refractivity contribution in [1.29, 1.82) is 0 Å². The minimum absolute atomic E-state index is 0.0730. The maximum atomic E-state index is 12.2. The first kappa shape index (κ1) is 13.2. The van der Waals surface area contributed by atoms with Gasteiger partial charge in [-0.15, -0.1) is 0 Å². The molecule has 0 bridgehead atoms. The van der Waals surface area contributed by atoms with E-state index in [1.54, 1.807) is 37.2 Å². The molecule has 0 aliphatic carbocycles. The molecular weight excluding hydrogens is 240 g/mol. The lowest BCUT2D eigenvalue weighted by Crippen LogP contribution is -2.11. The number of benzene rings is 1. The molecule has 0 aromatic heterocycles. The Labute approximate surface area is 101 Å². The van der Waals surface area contributed by atoms with Gasteiger partial charge in [0.1, 0.15) is 4.91 Å². The van der Waals surface area contributed by atoms with Crippen molar-refractivity contribution in [3.63, 3.8) is 0 Å². The van der Waals surface area contributed by atoms with Crippen molar-refractivity contribution in [1.82, 2.24) is 4.90 Å². The molecular formula is C11H14N2O3S. The molecule has 0 radical (unpaired) electrons. The molecule has 1 aromatic rings. The molecule has 6 heteroatoms. The van der Waals surface area contributed by atoms with E-state index in [-0.39, 0.29) is 9.80 Å². The van der Waals surface area contributed by atoms with Gasteiger partial charge in [-0.1, -0.05) is 23.4 Å². The monoisotopic (exact) mass is 254 g/mol. The number of allylic oxidation sites excluding steroid dienone is 1. The van der Waals surface area contributed by atoms with Gasteiger partial charge in [0.25, 0.3) is 0 Å². The Morgan fingerprint density at radius 2 is 1.88 bits per heavy atom. The summed E-state index contributed by atoms with van der Waals surface area (Å²) < 4.78 is 24.3. The van der Waals surface area contributed by atoms with E-state index >= 15 is 0 Å². The van der Waals surface area contributed by atoms with Crippen LogP contribution in [0.3, 0.4) is 0 Å². The third-order valence-electron chi connectivity index (χ3n) is 1.93. The van der Waals surface area contributed by atoms with E-state index in [4.69, 9.17) is 5.21 Å². The van der Waals surface area contributed by atoms with E-state index in [2.05, 4.69) is 5.16 Å². The van der Waals surface area contributed by atoms with Crippen LogP contribution in [-0.2, 0) is 9.84 Å². The molecule has 92 valence electrons. The highest BCUT2D eigenvalue weighted by Gasteiger charge is 2.19. The van der Waals surface area contributed by atoms with Crippen molar-refractivity contribution in [3.8, 4) is 0 Å². The van der Waals surface area contributed by atoms with Crippen LogP contribution >= 0.6 is 0 Å². The second-order valence-corrected chi connectivity index (χ2v) is 5.51. The molecule has 1 N–H and O–H groups in total. The fraction of sp³-hybridized carbons (Fsp3) is 0.182. The quantitative estimate of drug-likeness (QED) is 0.500. The van der Waals surface area contributed by atoms with Gasteiger partial charge in [-0.05, 0) is 12.1 Å². The van der Waals surface area contributed by atoms with E-state index in [1.807, 2.05) is 0 Å². The van der Waals surface area contributed by atoms with E-state index < -0.39 is 9.84 Å². The highest BCUT2D eigenvalue weighted by molar-refractivity contribution is 7.96. The molecule has 0 amide bonds. The van der Waals surface area contributed by atoms with Crippen molar-refractivity contribution < 1.29 is 13.6 Å². The zero-order valence-corrected chi connectivity index (χ0v) is 10.4. The normalized spacial score (nSPS) is 12.9. The SMILES string of the molecule is CN(C)C=C(C=NO)S(=O)(=O)c1ccccc1. The first-order chi connectivity index (χ1) is 7.98. The topological polar surface area (TPSA) is 70.0 Å². The number of oxime groups is 1. The van der Waals surface area contributed by atoms with Crippen LogP contribution in [-0.4, -0.2) is 38.8 Å². The van der Waals surface area contributed by atoms with Gasteiger partial charge in [0.15, 0.2) is 0 Å². The van der Waals surface area contributed by atoms with Crippen LogP contribution in [0.25, 0.3) is 0 Å². The first-order valence-electron chi connectivity index (χ1n) is 4.84. The van der Waals surface area contributed by atoms with Crippen LogP contribution in [0.5, 0.6) is 0 Å². The standard InChI is InChI=1S/C11H14N2O3S/c1-13(2)9-11(8-12-14)17(15,16)10-6-4-3-5-7-10/h3-9,14H,1-2H3. The van der Waals surface area contributed by atoms with Crippen LogP contribution in [0.2, 0.25) is 0 Å². The van der Waals surface area contributed by atoms with Gasteiger partial charge in [0.2, 0.25) is 9.84 Å². The predicted molar refractivity (Wildman–Crippen MR) is 65.7 cm³/mol. The summed E-state index contributed by atoms with van der Waals surface area (Å²) >= 11 is 0. The lowest BCUT2D eigenvalue weighted by atomic mass is 10.4. The van der Waals surface area contributed by atoms with E-state index in [9.17, 15) is 8.42 Å². The summed E-state index contributed by atoms with van der Waals surface area (Å²) in [5, 5.41) is 11.3. The number of sulfone groups is 1. The van der Waals surface area contributed by atoms with Crippen molar-refractivity contribution in [2.45, 2.75) is 4.90 Å². The summed E-state index contributed by atoms with van der Waals surface area (Å²) in [6.07, 6.45) is 2.28. The van der Waals surface area contributed by atoms with Crippen molar-refractivity contribution in [2.24, 2.45) is 5.16 Å². The minimum Gasteiger partial charge on any atom is -0.411 e. The Balaban J connectivity index is 3.29. The number of hydrogen-bond donors (Lipinski definition) is 1. The lowest BCUT2D eigenvalue weighted by Gasteiger charge is -2.09. The molecule has 0 saturated carbocycles. The average molecular weight is 254 g/mol. The number of hydrogen-bond acceptors (Lipinski definition) is 5. The smallest absolute Gasteiger partial charge is 0.209 e. The van der Waals surface area contributed by atoms with Crippen LogP contribution in [0.1, 0.15) is 0 Å². The first-order valence-corrected chi connectivity index (χ1v) is 6.32. The number of nitrogens with zero attached hydrogens (tertiary/aromatic N) is 2. The van der Waals surface area contributed by atoms with Gasteiger partial charge in [-0.25, -0.2) is 8.42 Å². The Bertz CT molecular complexity index is 519. The fourth-order valence-corrected chi connectivity index (χ4v) is 2.54. The van der Waals surface area contributed by atoms with Gasteiger partial charge < -0.3 is 10.1 Å². The summed E-state index contributed by atoms with van der Waals surface area (Å²) in [5.74, 6) is 0. The Morgan fingerprint density at radius 3 is 2.35 bits per heavy atom. The summed E-state index contributed by atoms with van der Waals surface area (Å²) in [7, 11) is -0.276. The minimum atomic E-state index is -3.65. The molecule has 1 aromatic carbocycles. The Kier molecular flexibility index (Phi) is 4.28. The highest BCUT2D eigenvalue weighted by Crippen LogP contribution is 2.17. The van der Waals surface area contributed by atoms with Gasteiger partial charge >= 0.3 is 0 Å². The molecule has 0 unspecified atom stereocenters. The summed E-state index contributed by atoms with van der Waals surface area (Å²) in [6, 6.07) is 7.98. The Morgan fingerprint density at radius 1 is 1.29 bits per heavy atom. The Hall–Kier alpha value is -1.82. The zero-order chi connectivity index (χ0) is 12.9. The number of rotatable bonds is 4. The molecule has 5 nitrogen and oxygen atoms in total. The molecule has 0 heterocycles. The third-order valence-corrected chi connectivity index (χ3v) is 3.66. The van der Waals surface area contributed by atoms with Crippen LogP contribution in [0, 0.1) is 0 Å². The summed E-state index contributed by atoms with van der Waals surface area (Å²) in [5.41, 5.74) is 0.